The van der Waals surface area contributed by atoms with E-state index >= 15 is 0 Å². The first kappa shape index (κ1) is 14.6. The minimum atomic E-state index is -6.00. The maximum Gasteiger partial charge on any atom is 0.673 e. The van der Waals surface area contributed by atoms with Gasteiger partial charge in [-0.25, -0.2) is 4.39 Å². The molecule has 1 rings (SSSR count). The van der Waals surface area contributed by atoms with Crippen molar-refractivity contribution in [3.63, 3.8) is 0 Å². The molecule has 0 saturated heterocycles. The first-order chi connectivity index (χ1) is 7.15. The van der Waals surface area contributed by atoms with Crippen molar-refractivity contribution in [1.82, 2.24) is 0 Å². The average molecular weight is 258 g/mol. The SMILES string of the molecule is Cc1cc([N+]#N)c(Cl)cc1F.F[B-](F)(F)F. The Morgan fingerprint density at radius 2 is 1.69 bits per heavy atom. The highest BCUT2D eigenvalue weighted by Crippen LogP contribution is 2.27. The van der Waals surface area contributed by atoms with E-state index in [-0.39, 0.29) is 10.7 Å². The van der Waals surface area contributed by atoms with Crippen molar-refractivity contribution in [2.24, 2.45) is 0 Å². The molecular formula is C7H5BClF5N2. The number of nitrogens with zero attached hydrogens (tertiary/aromatic N) is 2. The molecular weight excluding hydrogens is 253 g/mol. The number of aryl methyl sites for hydroxylation is 1. The van der Waals surface area contributed by atoms with Gasteiger partial charge in [-0.15, -0.1) is 0 Å². The Morgan fingerprint density at radius 3 is 2.06 bits per heavy atom. The Balaban J connectivity index is 0.000000385. The zero-order valence-electron chi connectivity index (χ0n) is 7.89. The Kier molecular flexibility index (Phi) is 5.17. The van der Waals surface area contributed by atoms with Gasteiger partial charge in [0.25, 0.3) is 0 Å². The van der Waals surface area contributed by atoms with Gasteiger partial charge in [0, 0.05) is 12.1 Å². The van der Waals surface area contributed by atoms with E-state index in [4.69, 9.17) is 17.0 Å². The molecule has 0 bridgehead atoms. The van der Waals surface area contributed by atoms with Crippen LogP contribution in [0.2, 0.25) is 5.02 Å². The maximum atomic E-state index is 12.7. The molecule has 1 aromatic carbocycles. The van der Waals surface area contributed by atoms with Crippen LogP contribution >= 0.6 is 11.6 Å². The van der Waals surface area contributed by atoms with Gasteiger partial charge >= 0.3 is 12.9 Å². The van der Waals surface area contributed by atoms with E-state index < -0.39 is 13.1 Å². The second kappa shape index (κ2) is 5.65. The Labute approximate surface area is 92.7 Å². The van der Waals surface area contributed by atoms with Gasteiger partial charge in [-0.05, 0) is 12.5 Å². The summed E-state index contributed by atoms with van der Waals surface area (Å²) in [5.41, 5.74) is 0.591. The lowest BCUT2D eigenvalue weighted by molar-refractivity contribution is 0.368. The first-order valence-corrected chi connectivity index (χ1v) is 4.21. The molecule has 0 saturated carbocycles. The van der Waals surface area contributed by atoms with Crippen LogP contribution in [-0.2, 0) is 0 Å². The molecule has 0 aromatic heterocycles. The quantitative estimate of drug-likeness (QED) is 0.380. The predicted octanol–water partition coefficient (Wildman–Crippen LogP) is 4.57. The summed E-state index contributed by atoms with van der Waals surface area (Å²) >= 11 is 5.51. The molecule has 0 spiro atoms. The number of rotatable bonds is 0. The van der Waals surface area contributed by atoms with Crippen molar-refractivity contribution >= 4 is 24.5 Å². The molecule has 2 nitrogen and oxygen atoms in total. The van der Waals surface area contributed by atoms with Crippen LogP contribution in [-0.4, -0.2) is 7.25 Å². The molecule has 0 aliphatic carbocycles. The first-order valence-electron chi connectivity index (χ1n) is 3.83. The van der Waals surface area contributed by atoms with Crippen molar-refractivity contribution in [3.05, 3.63) is 33.5 Å². The normalized spacial score (nSPS) is 10.1. The highest BCUT2D eigenvalue weighted by Gasteiger charge is 2.20. The number of hydrogen-bond acceptors (Lipinski definition) is 1. The van der Waals surface area contributed by atoms with Gasteiger partial charge in [-0.1, -0.05) is 11.6 Å². The van der Waals surface area contributed by atoms with Crippen molar-refractivity contribution in [2.75, 3.05) is 0 Å². The Hall–Kier alpha value is -1.36. The van der Waals surface area contributed by atoms with Gasteiger partial charge in [0.2, 0.25) is 5.39 Å². The third-order valence-electron chi connectivity index (χ3n) is 1.34. The van der Waals surface area contributed by atoms with Gasteiger partial charge in [0.1, 0.15) is 10.8 Å². The molecule has 0 aliphatic heterocycles. The molecule has 0 heterocycles. The summed E-state index contributed by atoms with van der Waals surface area (Å²) in [7, 11) is -6.00. The summed E-state index contributed by atoms with van der Waals surface area (Å²) in [6.07, 6.45) is 0. The van der Waals surface area contributed by atoms with Crippen molar-refractivity contribution in [1.29, 1.82) is 5.39 Å². The summed E-state index contributed by atoms with van der Waals surface area (Å²) in [5.74, 6) is -0.401. The van der Waals surface area contributed by atoms with Crippen LogP contribution in [0.4, 0.5) is 27.3 Å². The van der Waals surface area contributed by atoms with E-state index in [1.807, 2.05) is 0 Å². The lowest BCUT2D eigenvalue weighted by Gasteiger charge is -1.94. The van der Waals surface area contributed by atoms with Gasteiger partial charge < -0.3 is 17.3 Å². The smallest absolute Gasteiger partial charge is 0.418 e. The van der Waals surface area contributed by atoms with Crippen LogP contribution in [0.25, 0.3) is 4.98 Å². The molecule has 16 heavy (non-hydrogen) atoms. The van der Waals surface area contributed by atoms with Crippen LogP contribution in [0.3, 0.4) is 0 Å². The second-order valence-corrected chi connectivity index (χ2v) is 3.05. The maximum absolute atomic E-state index is 12.7. The molecule has 0 amide bonds. The van der Waals surface area contributed by atoms with Gasteiger partial charge in [0.05, 0.1) is 0 Å². The van der Waals surface area contributed by atoms with E-state index in [2.05, 4.69) is 4.98 Å². The summed E-state index contributed by atoms with van der Waals surface area (Å²) in [4.78, 5) is 2.87. The molecule has 0 fully saturated rings. The monoisotopic (exact) mass is 258 g/mol. The van der Waals surface area contributed by atoms with E-state index in [1.54, 1.807) is 6.92 Å². The lowest BCUT2D eigenvalue weighted by Crippen LogP contribution is -2.02. The van der Waals surface area contributed by atoms with Gasteiger partial charge in [0.15, 0.2) is 4.98 Å². The second-order valence-electron chi connectivity index (χ2n) is 2.65. The number of diazo groups is 1. The fourth-order valence-corrected chi connectivity index (χ4v) is 0.907. The predicted molar refractivity (Wildman–Crippen MR) is 51.1 cm³/mol. The zero-order valence-corrected chi connectivity index (χ0v) is 8.65. The molecule has 1 aromatic rings. The molecule has 9 heteroatoms. The van der Waals surface area contributed by atoms with Crippen LogP contribution in [0.15, 0.2) is 12.1 Å². The van der Waals surface area contributed by atoms with Gasteiger partial charge in [-0.3, -0.25) is 0 Å². The van der Waals surface area contributed by atoms with Crippen molar-refractivity contribution < 1.29 is 21.7 Å². The van der Waals surface area contributed by atoms with E-state index in [9.17, 15) is 21.7 Å². The van der Waals surface area contributed by atoms with Gasteiger partial charge in [-0.2, -0.15) is 0 Å². The van der Waals surface area contributed by atoms with E-state index in [0.29, 0.717) is 5.56 Å². The molecule has 0 N–H and O–H groups in total. The van der Waals surface area contributed by atoms with E-state index in [0.717, 1.165) is 6.07 Å². The zero-order chi connectivity index (χ0) is 12.9. The summed E-state index contributed by atoms with van der Waals surface area (Å²) in [6.45, 7) is 1.57. The molecule has 0 unspecified atom stereocenters. The third-order valence-corrected chi connectivity index (χ3v) is 1.64. The Morgan fingerprint density at radius 1 is 1.25 bits per heavy atom. The minimum absolute atomic E-state index is 0.107. The molecule has 0 aliphatic rings. The Bertz CT molecular complexity index is 408. The number of benzene rings is 1. The fraction of sp³-hybridized carbons (Fsp3) is 0.143. The highest BCUT2D eigenvalue weighted by molar-refractivity contribution is 6.50. The van der Waals surface area contributed by atoms with Crippen LogP contribution < -0.4 is 0 Å². The minimum Gasteiger partial charge on any atom is -0.418 e. The largest absolute Gasteiger partial charge is 0.673 e. The molecule has 0 atom stereocenters. The van der Waals surface area contributed by atoms with Crippen LogP contribution in [0, 0.1) is 18.1 Å². The summed E-state index contributed by atoms with van der Waals surface area (Å²) in [5, 5.41) is 8.46. The standard InChI is InChI=1S/C7H5ClFN2.BF4/c1-4-2-7(11-10)5(8)3-6(4)9;2-1(3,4)5/h2-3H,1H3;/q+1;-1. The highest BCUT2D eigenvalue weighted by atomic mass is 35.5. The topological polar surface area (TPSA) is 28.1 Å². The summed E-state index contributed by atoms with van der Waals surface area (Å²) in [6, 6.07) is 2.49. The molecule has 88 valence electrons. The average Bonchev–Trinajstić information content (AvgIpc) is 2.08. The third kappa shape index (κ3) is 6.19. The van der Waals surface area contributed by atoms with Crippen LogP contribution in [0.5, 0.6) is 0 Å². The lowest BCUT2D eigenvalue weighted by atomic mass is 10.2. The summed E-state index contributed by atoms with van der Waals surface area (Å²) < 4.78 is 51.7. The number of hydrogen-bond donors (Lipinski definition) is 0. The number of halogens is 6. The fourth-order valence-electron chi connectivity index (χ4n) is 0.719. The van der Waals surface area contributed by atoms with Crippen LogP contribution in [0.1, 0.15) is 5.56 Å². The van der Waals surface area contributed by atoms with E-state index in [1.165, 1.54) is 6.07 Å². The molecule has 0 radical (unpaired) electrons. The van der Waals surface area contributed by atoms with Crippen molar-refractivity contribution in [2.45, 2.75) is 6.92 Å². The van der Waals surface area contributed by atoms with Crippen molar-refractivity contribution in [3.8, 4) is 0 Å².